The van der Waals surface area contributed by atoms with Crippen molar-refractivity contribution in [3.8, 4) is 23.0 Å². The highest BCUT2D eigenvalue weighted by Gasteiger charge is 2.12. The molecule has 160 valence electrons. The summed E-state index contributed by atoms with van der Waals surface area (Å²) in [5.41, 5.74) is 4.90. The summed E-state index contributed by atoms with van der Waals surface area (Å²) in [5, 5.41) is 3.03. The maximum Gasteiger partial charge on any atom is 0.251 e. The van der Waals surface area contributed by atoms with E-state index in [-0.39, 0.29) is 11.9 Å². The second kappa shape index (κ2) is 9.43. The first-order chi connectivity index (χ1) is 15.5. The molecule has 0 aliphatic heterocycles. The molecule has 5 nitrogen and oxygen atoms in total. The van der Waals surface area contributed by atoms with Crippen molar-refractivity contribution in [2.45, 2.75) is 26.8 Å². The minimum atomic E-state index is -0.131. The fraction of sp³-hybridized carbons (Fsp3) is 0.148. The molecular weight excluding hydrogens is 398 g/mol. The number of hydrogen-bond donors (Lipinski definition) is 1. The van der Waals surface area contributed by atoms with Crippen molar-refractivity contribution in [3.63, 3.8) is 0 Å². The molecule has 1 N–H and O–H groups in total. The average Bonchev–Trinajstić information content (AvgIpc) is 2.80. The number of amides is 1. The van der Waals surface area contributed by atoms with Crippen LogP contribution < -0.4 is 10.1 Å². The van der Waals surface area contributed by atoms with Gasteiger partial charge in [-0.05, 0) is 56.7 Å². The minimum Gasteiger partial charge on any atom is -0.439 e. The average molecular weight is 424 g/mol. The number of carbonyl (C=O) groups is 1. The van der Waals surface area contributed by atoms with Gasteiger partial charge in [0.05, 0.1) is 6.04 Å². The number of nitrogens with one attached hydrogen (secondary N) is 1. The zero-order valence-corrected chi connectivity index (χ0v) is 18.4. The summed E-state index contributed by atoms with van der Waals surface area (Å²) in [6.07, 6.45) is 1.67. The Bertz CT molecular complexity index is 1220. The van der Waals surface area contributed by atoms with E-state index < -0.39 is 0 Å². The third-order valence-corrected chi connectivity index (χ3v) is 5.17. The summed E-state index contributed by atoms with van der Waals surface area (Å²) in [5.74, 6) is 1.52. The molecule has 4 aromatic rings. The molecule has 1 aromatic heterocycles. The lowest BCUT2D eigenvalue weighted by atomic mass is 10.1. The molecule has 3 aromatic carbocycles. The molecule has 1 amide bonds. The predicted molar refractivity (Wildman–Crippen MR) is 126 cm³/mol. The third-order valence-electron chi connectivity index (χ3n) is 5.17. The summed E-state index contributed by atoms with van der Waals surface area (Å²) in [6.45, 7) is 6.05. The van der Waals surface area contributed by atoms with Crippen LogP contribution in [0.15, 0.2) is 85.1 Å². The number of aromatic nitrogens is 2. The van der Waals surface area contributed by atoms with Gasteiger partial charge < -0.3 is 10.1 Å². The molecule has 1 heterocycles. The molecule has 4 rings (SSSR count). The summed E-state index contributed by atoms with van der Waals surface area (Å²) >= 11 is 0. The highest BCUT2D eigenvalue weighted by molar-refractivity contribution is 5.94. The highest BCUT2D eigenvalue weighted by Crippen LogP contribution is 2.23. The Balaban J connectivity index is 1.42. The first-order valence-corrected chi connectivity index (χ1v) is 10.5. The monoisotopic (exact) mass is 423 g/mol. The number of benzene rings is 3. The van der Waals surface area contributed by atoms with Gasteiger partial charge in [-0.2, -0.15) is 4.98 Å². The Labute approximate surface area is 188 Å². The standard InChI is InChI=1S/C27H25N3O2/c1-18-7-9-21(10-8-18)20(3)29-27(31)22-11-13-24(14-12-22)32-25-15-16-28-26(30-25)23-6-4-5-19(2)17-23/h4-17,20H,1-3H3,(H,29,31)/t20-/m0/s1. The zero-order valence-electron chi connectivity index (χ0n) is 18.4. The Morgan fingerprint density at radius 1 is 0.906 bits per heavy atom. The van der Waals surface area contributed by atoms with Crippen LogP contribution in [0.3, 0.4) is 0 Å². The van der Waals surface area contributed by atoms with E-state index in [1.165, 1.54) is 5.56 Å². The van der Waals surface area contributed by atoms with E-state index in [9.17, 15) is 4.79 Å². The molecule has 0 saturated heterocycles. The van der Waals surface area contributed by atoms with Crippen molar-refractivity contribution in [2.75, 3.05) is 0 Å². The van der Waals surface area contributed by atoms with Crippen LogP contribution in [0.1, 0.15) is 40.0 Å². The molecular formula is C27H25N3O2. The van der Waals surface area contributed by atoms with Crippen LogP contribution in [0.5, 0.6) is 11.6 Å². The second-order valence-corrected chi connectivity index (χ2v) is 7.82. The number of carbonyl (C=O) groups excluding carboxylic acids is 1. The fourth-order valence-electron chi connectivity index (χ4n) is 3.34. The fourth-order valence-corrected chi connectivity index (χ4v) is 3.34. The topological polar surface area (TPSA) is 64.1 Å². The van der Waals surface area contributed by atoms with Crippen LogP contribution in [0.25, 0.3) is 11.4 Å². The van der Waals surface area contributed by atoms with Crippen LogP contribution in [-0.4, -0.2) is 15.9 Å². The number of aryl methyl sites for hydroxylation is 2. The van der Waals surface area contributed by atoms with E-state index in [1.807, 2.05) is 69.3 Å². The molecule has 0 aliphatic rings. The van der Waals surface area contributed by atoms with Gasteiger partial charge in [0, 0.05) is 23.4 Å². The molecule has 0 radical (unpaired) electrons. The molecule has 5 heteroatoms. The number of hydrogen-bond acceptors (Lipinski definition) is 4. The van der Waals surface area contributed by atoms with Gasteiger partial charge in [0.25, 0.3) is 5.91 Å². The summed E-state index contributed by atoms with van der Waals surface area (Å²) in [6, 6.07) is 24.8. The molecule has 0 fully saturated rings. The Morgan fingerprint density at radius 2 is 1.66 bits per heavy atom. The van der Waals surface area contributed by atoms with Gasteiger partial charge in [0.1, 0.15) is 5.75 Å². The van der Waals surface area contributed by atoms with E-state index in [4.69, 9.17) is 4.74 Å². The second-order valence-electron chi connectivity index (χ2n) is 7.82. The van der Waals surface area contributed by atoms with E-state index in [2.05, 4.69) is 15.3 Å². The quantitative estimate of drug-likeness (QED) is 0.410. The molecule has 0 unspecified atom stereocenters. The van der Waals surface area contributed by atoms with Crippen LogP contribution >= 0.6 is 0 Å². The Morgan fingerprint density at radius 3 is 2.38 bits per heavy atom. The summed E-state index contributed by atoms with van der Waals surface area (Å²) in [7, 11) is 0. The van der Waals surface area contributed by atoms with Crippen molar-refractivity contribution in [3.05, 3.63) is 107 Å². The Kier molecular flexibility index (Phi) is 6.26. The molecule has 0 saturated carbocycles. The van der Waals surface area contributed by atoms with E-state index >= 15 is 0 Å². The SMILES string of the molecule is Cc1ccc([C@H](C)NC(=O)c2ccc(Oc3ccnc(-c4cccc(C)c4)n3)cc2)cc1. The predicted octanol–water partition coefficient (Wildman–Crippen LogP) is 6.04. The van der Waals surface area contributed by atoms with Gasteiger partial charge in [0.15, 0.2) is 5.82 Å². The van der Waals surface area contributed by atoms with Crippen LogP contribution in [0, 0.1) is 13.8 Å². The van der Waals surface area contributed by atoms with Crippen molar-refractivity contribution in [1.29, 1.82) is 0 Å². The van der Waals surface area contributed by atoms with Crippen molar-refractivity contribution in [2.24, 2.45) is 0 Å². The third kappa shape index (κ3) is 5.19. The van der Waals surface area contributed by atoms with Crippen LogP contribution in [0.4, 0.5) is 0 Å². The van der Waals surface area contributed by atoms with Gasteiger partial charge in [-0.25, -0.2) is 4.98 Å². The van der Waals surface area contributed by atoms with Gasteiger partial charge >= 0.3 is 0 Å². The first-order valence-electron chi connectivity index (χ1n) is 10.5. The highest BCUT2D eigenvalue weighted by atomic mass is 16.5. The largest absolute Gasteiger partial charge is 0.439 e. The number of nitrogens with zero attached hydrogens (tertiary/aromatic N) is 2. The molecule has 0 bridgehead atoms. The lowest BCUT2D eigenvalue weighted by Crippen LogP contribution is -2.26. The van der Waals surface area contributed by atoms with Crippen LogP contribution in [0.2, 0.25) is 0 Å². The molecule has 0 aliphatic carbocycles. The van der Waals surface area contributed by atoms with Crippen molar-refractivity contribution >= 4 is 5.91 Å². The smallest absolute Gasteiger partial charge is 0.251 e. The van der Waals surface area contributed by atoms with Crippen LogP contribution in [-0.2, 0) is 0 Å². The van der Waals surface area contributed by atoms with Crippen molar-refractivity contribution in [1.82, 2.24) is 15.3 Å². The number of rotatable bonds is 6. The number of ether oxygens (including phenoxy) is 1. The minimum absolute atomic E-state index is 0.0833. The maximum absolute atomic E-state index is 12.6. The van der Waals surface area contributed by atoms with E-state index in [0.29, 0.717) is 23.0 Å². The first kappa shape index (κ1) is 21.2. The van der Waals surface area contributed by atoms with E-state index in [0.717, 1.165) is 16.7 Å². The van der Waals surface area contributed by atoms with Gasteiger partial charge in [-0.1, -0.05) is 53.6 Å². The molecule has 1 atom stereocenters. The molecule has 0 spiro atoms. The van der Waals surface area contributed by atoms with Gasteiger partial charge in [0.2, 0.25) is 5.88 Å². The maximum atomic E-state index is 12.6. The molecule has 32 heavy (non-hydrogen) atoms. The van der Waals surface area contributed by atoms with Gasteiger partial charge in [-0.3, -0.25) is 4.79 Å². The normalized spacial score (nSPS) is 11.6. The van der Waals surface area contributed by atoms with Crippen molar-refractivity contribution < 1.29 is 9.53 Å². The zero-order chi connectivity index (χ0) is 22.5. The summed E-state index contributed by atoms with van der Waals surface area (Å²) in [4.78, 5) is 21.5. The van der Waals surface area contributed by atoms with Gasteiger partial charge in [-0.15, -0.1) is 0 Å². The van der Waals surface area contributed by atoms with E-state index in [1.54, 1.807) is 36.5 Å². The lowest BCUT2D eigenvalue weighted by molar-refractivity contribution is 0.0940. The Hall–Kier alpha value is -3.99. The summed E-state index contributed by atoms with van der Waals surface area (Å²) < 4.78 is 5.88. The lowest BCUT2D eigenvalue weighted by Gasteiger charge is -2.15.